The van der Waals surface area contributed by atoms with Crippen molar-refractivity contribution >= 4 is 17.3 Å². The number of carbonyl (C=O) groups excluding carboxylic acids is 1. The summed E-state index contributed by atoms with van der Waals surface area (Å²) < 4.78 is 0. The molecule has 3 rings (SSSR count). The van der Waals surface area contributed by atoms with E-state index in [2.05, 4.69) is 10.2 Å². The van der Waals surface area contributed by atoms with Crippen LogP contribution in [0.3, 0.4) is 0 Å². The Bertz CT molecular complexity index is 615. The summed E-state index contributed by atoms with van der Waals surface area (Å²) in [7, 11) is 0. The van der Waals surface area contributed by atoms with Gasteiger partial charge in [0.25, 0.3) is 5.69 Å². The third-order valence-corrected chi connectivity index (χ3v) is 4.55. The van der Waals surface area contributed by atoms with Gasteiger partial charge in [-0.15, -0.1) is 0 Å². The van der Waals surface area contributed by atoms with Gasteiger partial charge >= 0.3 is 0 Å². The lowest BCUT2D eigenvalue weighted by Gasteiger charge is -2.39. The molecule has 1 aromatic rings. The van der Waals surface area contributed by atoms with E-state index in [1.54, 1.807) is 12.1 Å². The van der Waals surface area contributed by atoms with Crippen molar-refractivity contribution in [1.29, 1.82) is 0 Å². The smallest absolute Gasteiger partial charge is 0.269 e. The molecule has 0 saturated carbocycles. The SMILES string of the molecule is CC(C)NC(=O)[C@H]1Cc2cc([N+](=O)[O-])ccc2N2CCC[C@@H]12. The highest BCUT2D eigenvalue weighted by Gasteiger charge is 2.41. The number of rotatable bonds is 3. The monoisotopic (exact) mass is 303 g/mol. The fourth-order valence-corrected chi connectivity index (χ4v) is 3.67. The van der Waals surface area contributed by atoms with Crippen LogP contribution in [0.5, 0.6) is 0 Å². The number of carbonyl (C=O) groups is 1. The highest BCUT2D eigenvalue weighted by molar-refractivity contribution is 5.82. The van der Waals surface area contributed by atoms with E-state index in [0.717, 1.165) is 30.6 Å². The largest absolute Gasteiger partial charge is 0.368 e. The summed E-state index contributed by atoms with van der Waals surface area (Å²) in [5.74, 6) is -0.0662. The van der Waals surface area contributed by atoms with Crippen LogP contribution < -0.4 is 10.2 Å². The molecule has 0 unspecified atom stereocenters. The normalized spacial score (nSPS) is 23.1. The van der Waals surface area contributed by atoms with Gasteiger partial charge in [0.2, 0.25) is 5.91 Å². The summed E-state index contributed by atoms with van der Waals surface area (Å²) in [5.41, 5.74) is 2.07. The topological polar surface area (TPSA) is 75.5 Å². The van der Waals surface area contributed by atoms with Gasteiger partial charge in [0.1, 0.15) is 0 Å². The fraction of sp³-hybridized carbons (Fsp3) is 0.562. The van der Waals surface area contributed by atoms with Crippen LogP contribution in [-0.2, 0) is 11.2 Å². The average Bonchev–Trinajstić information content (AvgIpc) is 2.94. The molecule has 2 atom stereocenters. The molecule has 22 heavy (non-hydrogen) atoms. The third-order valence-electron chi connectivity index (χ3n) is 4.55. The molecule has 0 bridgehead atoms. The summed E-state index contributed by atoms with van der Waals surface area (Å²) in [5, 5.41) is 14.0. The molecule has 2 aliphatic rings. The molecular weight excluding hydrogens is 282 g/mol. The number of nitrogens with one attached hydrogen (secondary N) is 1. The maximum atomic E-state index is 12.5. The van der Waals surface area contributed by atoms with E-state index in [1.165, 1.54) is 0 Å². The van der Waals surface area contributed by atoms with E-state index in [9.17, 15) is 14.9 Å². The third kappa shape index (κ3) is 2.53. The standard InChI is InChI=1S/C16H21N3O3/c1-10(2)17-16(20)13-9-11-8-12(19(21)22)5-6-14(11)18-7-3-4-15(13)18/h5-6,8,10,13,15H,3-4,7,9H2,1-2H3,(H,17,20)/t13-,15-/m0/s1. The number of anilines is 1. The Hall–Kier alpha value is -2.11. The van der Waals surface area contributed by atoms with Gasteiger partial charge in [-0.1, -0.05) is 0 Å². The molecule has 1 saturated heterocycles. The van der Waals surface area contributed by atoms with Crippen molar-refractivity contribution < 1.29 is 9.72 Å². The Morgan fingerprint density at radius 1 is 1.45 bits per heavy atom. The predicted octanol–water partition coefficient (Wildman–Crippen LogP) is 2.26. The second-order valence-corrected chi connectivity index (χ2v) is 6.45. The van der Waals surface area contributed by atoms with Crippen LogP contribution >= 0.6 is 0 Å². The summed E-state index contributed by atoms with van der Waals surface area (Å²) in [6.07, 6.45) is 2.65. The molecule has 118 valence electrons. The molecular formula is C16H21N3O3. The summed E-state index contributed by atoms with van der Waals surface area (Å²) in [4.78, 5) is 25.4. The van der Waals surface area contributed by atoms with Crippen molar-refractivity contribution in [2.45, 2.75) is 45.2 Å². The van der Waals surface area contributed by atoms with E-state index in [4.69, 9.17) is 0 Å². The van der Waals surface area contributed by atoms with Gasteiger partial charge in [0.15, 0.2) is 0 Å². The first kappa shape index (κ1) is 14.8. The lowest BCUT2D eigenvalue weighted by atomic mass is 9.84. The van der Waals surface area contributed by atoms with Crippen LogP contribution in [0.15, 0.2) is 18.2 Å². The summed E-state index contributed by atoms with van der Waals surface area (Å²) >= 11 is 0. The quantitative estimate of drug-likeness (QED) is 0.686. The zero-order valence-corrected chi connectivity index (χ0v) is 12.9. The number of nitro groups is 1. The number of fused-ring (bicyclic) bond motifs is 3. The predicted molar refractivity (Wildman–Crippen MR) is 83.9 cm³/mol. The molecule has 2 heterocycles. The van der Waals surface area contributed by atoms with Gasteiger partial charge in [-0.3, -0.25) is 14.9 Å². The Labute approximate surface area is 129 Å². The highest BCUT2D eigenvalue weighted by Crippen LogP contribution is 2.40. The number of hydrogen-bond donors (Lipinski definition) is 1. The zero-order valence-electron chi connectivity index (χ0n) is 12.9. The van der Waals surface area contributed by atoms with Gasteiger partial charge in [-0.25, -0.2) is 0 Å². The minimum atomic E-state index is -0.375. The van der Waals surface area contributed by atoms with Crippen molar-refractivity contribution in [3.63, 3.8) is 0 Å². The molecule has 6 nitrogen and oxygen atoms in total. The van der Waals surface area contributed by atoms with E-state index in [-0.39, 0.29) is 34.5 Å². The molecule has 1 fully saturated rings. The van der Waals surface area contributed by atoms with Crippen LogP contribution in [0.4, 0.5) is 11.4 Å². The van der Waals surface area contributed by atoms with E-state index >= 15 is 0 Å². The average molecular weight is 303 g/mol. The lowest BCUT2D eigenvalue weighted by Crippen LogP contribution is -2.49. The van der Waals surface area contributed by atoms with Crippen LogP contribution in [-0.4, -0.2) is 29.5 Å². The minimum Gasteiger partial charge on any atom is -0.368 e. The molecule has 0 spiro atoms. The molecule has 1 aromatic carbocycles. The van der Waals surface area contributed by atoms with Crippen molar-refractivity contribution in [3.8, 4) is 0 Å². The second-order valence-electron chi connectivity index (χ2n) is 6.45. The molecule has 0 aliphatic carbocycles. The first-order valence-corrected chi connectivity index (χ1v) is 7.81. The van der Waals surface area contributed by atoms with Crippen molar-refractivity contribution in [3.05, 3.63) is 33.9 Å². The number of benzene rings is 1. The Morgan fingerprint density at radius 2 is 2.23 bits per heavy atom. The second kappa shape index (κ2) is 5.59. The van der Waals surface area contributed by atoms with Gasteiger partial charge in [-0.05, 0) is 44.7 Å². The Morgan fingerprint density at radius 3 is 2.91 bits per heavy atom. The van der Waals surface area contributed by atoms with Crippen LogP contribution in [0.2, 0.25) is 0 Å². The lowest BCUT2D eigenvalue weighted by molar-refractivity contribution is -0.384. The zero-order chi connectivity index (χ0) is 15.9. The number of hydrogen-bond acceptors (Lipinski definition) is 4. The first-order valence-electron chi connectivity index (χ1n) is 7.81. The Kier molecular flexibility index (Phi) is 3.76. The summed E-state index contributed by atoms with van der Waals surface area (Å²) in [6.45, 7) is 4.82. The van der Waals surface area contributed by atoms with Gasteiger partial charge in [-0.2, -0.15) is 0 Å². The van der Waals surface area contributed by atoms with Gasteiger partial charge in [0, 0.05) is 36.4 Å². The van der Waals surface area contributed by atoms with Gasteiger partial charge < -0.3 is 10.2 Å². The molecule has 6 heteroatoms. The highest BCUT2D eigenvalue weighted by atomic mass is 16.6. The molecule has 1 amide bonds. The summed E-state index contributed by atoms with van der Waals surface area (Å²) in [6, 6.07) is 5.34. The first-order chi connectivity index (χ1) is 10.5. The van der Waals surface area contributed by atoms with Crippen LogP contribution in [0.1, 0.15) is 32.3 Å². The van der Waals surface area contributed by atoms with E-state index in [1.807, 2.05) is 19.9 Å². The molecule has 1 N–H and O–H groups in total. The number of non-ortho nitro benzene ring substituents is 1. The molecule has 0 aromatic heterocycles. The maximum absolute atomic E-state index is 12.5. The fourth-order valence-electron chi connectivity index (χ4n) is 3.67. The van der Waals surface area contributed by atoms with E-state index in [0.29, 0.717) is 6.42 Å². The number of nitrogens with zero attached hydrogens (tertiary/aromatic N) is 2. The van der Waals surface area contributed by atoms with Crippen LogP contribution in [0.25, 0.3) is 0 Å². The maximum Gasteiger partial charge on any atom is 0.269 e. The van der Waals surface area contributed by atoms with Crippen LogP contribution in [0, 0.1) is 16.0 Å². The number of nitro benzene ring substituents is 1. The minimum absolute atomic E-state index is 0.0593. The van der Waals surface area contributed by atoms with E-state index < -0.39 is 0 Å². The number of amides is 1. The van der Waals surface area contributed by atoms with Crippen molar-refractivity contribution in [2.24, 2.45) is 5.92 Å². The molecule has 0 radical (unpaired) electrons. The Balaban J connectivity index is 1.95. The van der Waals surface area contributed by atoms with Crippen molar-refractivity contribution in [2.75, 3.05) is 11.4 Å². The van der Waals surface area contributed by atoms with Crippen molar-refractivity contribution in [1.82, 2.24) is 5.32 Å². The van der Waals surface area contributed by atoms with Gasteiger partial charge in [0.05, 0.1) is 10.8 Å². The molecule has 2 aliphatic heterocycles.